The van der Waals surface area contributed by atoms with Crippen molar-refractivity contribution in [1.29, 1.82) is 0 Å². The third kappa shape index (κ3) is 6.25. The summed E-state index contributed by atoms with van der Waals surface area (Å²) in [6.45, 7) is -0.105. The third-order valence-electron chi connectivity index (χ3n) is 4.24. The van der Waals surface area contributed by atoms with Crippen molar-refractivity contribution < 1.29 is 37.3 Å². The van der Waals surface area contributed by atoms with Crippen molar-refractivity contribution in [3.8, 4) is 5.75 Å². The normalized spacial score (nSPS) is 23.5. The maximum absolute atomic E-state index is 13.1. The average molecular weight is 388 g/mol. The molecule has 0 radical (unpaired) electrons. The maximum Gasteiger partial charge on any atom is 0.440 e. The van der Waals surface area contributed by atoms with Gasteiger partial charge in [-0.15, -0.1) is 0 Å². The van der Waals surface area contributed by atoms with Crippen LogP contribution >= 0.6 is 0 Å². The lowest BCUT2D eigenvalue weighted by atomic mass is 9.91. The van der Waals surface area contributed by atoms with Crippen molar-refractivity contribution in [1.82, 2.24) is 0 Å². The Bertz CT molecular complexity index is 644. The highest BCUT2D eigenvalue weighted by Crippen LogP contribution is 2.42. The molecule has 8 heteroatoms. The van der Waals surface area contributed by atoms with Crippen LogP contribution < -0.4 is 4.74 Å². The van der Waals surface area contributed by atoms with Crippen molar-refractivity contribution >= 4 is 5.97 Å². The molecule has 0 saturated carbocycles. The molecule has 2 rings (SSSR count). The number of unbranched alkanes of at least 4 members (excludes halogenated alkanes) is 1. The molecule has 1 aromatic carbocycles. The SMILES string of the molecule is COc1ccccc1C1OC(C(F)(F)F)OCC1C/C=C\CCCC(=O)O. The smallest absolute Gasteiger partial charge is 0.440 e. The molecule has 0 spiro atoms. The van der Waals surface area contributed by atoms with Gasteiger partial charge in [-0.05, 0) is 25.3 Å². The van der Waals surface area contributed by atoms with E-state index < -0.39 is 24.5 Å². The number of carboxylic acids is 1. The van der Waals surface area contributed by atoms with E-state index in [1.807, 2.05) is 12.2 Å². The van der Waals surface area contributed by atoms with E-state index >= 15 is 0 Å². The Kier molecular flexibility index (Phi) is 7.67. The van der Waals surface area contributed by atoms with Gasteiger partial charge in [-0.2, -0.15) is 13.2 Å². The average Bonchev–Trinajstić information content (AvgIpc) is 2.63. The number of alkyl halides is 3. The lowest BCUT2D eigenvalue weighted by Crippen LogP contribution is -2.43. The van der Waals surface area contributed by atoms with Crippen molar-refractivity contribution in [2.24, 2.45) is 5.92 Å². The van der Waals surface area contributed by atoms with Gasteiger partial charge in [0.25, 0.3) is 6.29 Å². The van der Waals surface area contributed by atoms with E-state index in [2.05, 4.69) is 0 Å². The maximum atomic E-state index is 13.1. The Hall–Kier alpha value is -2.06. The molecule has 0 amide bonds. The van der Waals surface area contributed by atoms with Gasteiger partial charge in [-0.25, -0.2) is 0 Å². The second-order valence-electron chi connectivity index (χ2n) is 6.26. The summed E-state index contributed by atoms with van der Waals surface area (Å²) in [4.78, 5) is 10.5. The van der Waals surface area contributed by atoms with Crippen LogP contribution in [0.3, 0.4) is 0 Å². The van der Waals surface area contributed by atoms with Crippen molar-refractivity contribution in [2.45, 2.75) is 44.3 Å². The highest BCUT2D eigenvalue weighted by atomic mass is 19.4. The Morgan fingerprint density at radius 2 is 2.07 bits per heavy atom. The predicted molar refractivity (Wildman–Crippen MR) is 91.3 cm³/mol. The predicted octanol–water partition coefficient (Wildman–Crippen LogP) is 4.49. The molecule has 1 fully saturated rings. The number of para-hydroxylation sites is 1. The number of hydrogen-bond acceptors (Lipinski definition) is 4. The van der Waals surface area contributed by atoms with Gasteiger partial charge in [0, 0.05) is 17.9 Å². The quantitative estimate of drug-likeness (QED) is 0.525. The number of aliphatic carboxylic acids is 1. The summed E-state index contributed by atoms with van der Waals surface area (Å²) in [5.41, 5.74) is 0.543. The number of halogens is 3. The molecule has 27 heavy (non-hydrogen) atoms. The molecule has 1 saturated heterocycles. The standard InChI is InChI=1S/C19H23F3O5/c1-25-15-10-7-6-9-14(15)17-13(8-4-2-3-5-11-16(23)24)12-26-18(27-17)19(20,21)22/h2,4,6-7,9-10,13,17-18H,3,5,8,11-12H2,1H3,(H,23,24)/b4-2-. The van der Waals surface area contributed by atoms with Crippen LogP contribution in [0, 0.1) is 5.92 Å². The molecule has 1 aliphatic rings. The Morgan fingerprint density at radius 1 is 1.33 bits per heavy atom. The van der Waals surface area contributed by atoms with Crippen LogP contribution in [0.4, 0.5) is 13.2 Å². The molecule has 3 unspecified atom stereocenters. The first kappa shape index (κ1) is 21.2. The van der Waals surface area contributed by atoms with E-state index in [9.17, 15) is 18.0 Å². The van der Waals surface area contributed by atoms with E-state index in [0.717, 1.165) is 0 Å². The molecule has 1 N–H and O–H groups in total. The van der Waals surface area contributed by atoms with Crippen LogP contribution in [0.15, 0.2) is 36.4 Å². The van der Waals surface area contributed by atoms with Crippen LogP contribution in [0.25, 0.3) is 0 Å². The number of methoxy groups -OCH3 is 1. The summed E-state index contributed by atoms with van der Waals surface area (Å²) < 4.78 is 54.6. The summed E-state index contributed by atoms with van der Waals surface area (Å²) in [6.07, 6.45) is -2.43. The first-order valence-electron chi connectivity index (χ1n) is 8.66. The second kappa shape index (κ2) is 9.75. The van der Waals surface area contributed by atoms with Gasteiger partial charge < -0.3 is 19.3 Å². The molecule has 1 heterocycles. The number of ether oxygens (including phenoxy) is 3. The van der Waals surface area contributed by atoms with E-state index in [4.69, 9.17) is 19.3 Å². The van der Waals surface area contributed by atoms with Gasteiger partial charge in [-0.1, -0.05) is 30.4 Å². The summed E-state index contributed by atoms with van der Waals surface area (Å²) in [5.74, 6) is -0.719. The number of allylic oxidation sites excluding steroid dienone is 2. The fraction of sp³-hybridized carbons (Fsp3) is 0.526. The van der Waals surface area contributed by atoms with Crippen molar-refractivity contribution in [3.63, 3.8) is 0 Å². The Labute approximate surface area is 155 Å². The summed E-state index contributed by atoms with van der Waals surface area (Å²) in [6, 6.07) is 6.82. The summed E-state index contributed by atoms with van der Waals surface area (Å²) in [5, 5.41) is 8.61. The molecule has 5 nitrogen and oxygen atoms in total. The molecule has 150 valence electrons. The number of carbonyl (C=O) groups is 1. The first-order valence-corrected chi connectivity index (χ1v) is 8.66. The van der Waals surface area contributed by atoms with E-state index in [-0.39, 0.29) is 18.9 Å². The van der Waals surface area contributed by atoms with Crippen LogP contribution in [0.5, 0.6) is 5.75 Å². The zero-order valence-corrected chi connectivity index (χ0v) is 14.9. The van der Waals surface area contributed by atoms with Crippen LogP contribution in [-0.2, 0) is 14.3 Å². The van der Waals surface area contributed by atoms with Crippen LogP contribution in [-0.4, -0.2) is 37.3 Å². The first-order chi connectivity index (χ1) is 12.8. The minimum Gasteiger partial charge on any atom is -0.496 e. The van der Waals surface area contributed by atoms with E-state index in [1.165, 1.54) is 7.11 Å². The fourth-order valence-electron chi connectivity index (χ4n) is 2.93. The van der Waals surface area contributed by atoms with Gasteiger partial charge in [0.05, 0.1) is 19.8 Å². The van der Waals surface area contributed by atoms with Gasteiger partial charge in [0.15, 0.2) is 0 Å². The minimum absolute atomic E-state index is 0.0804. The van der Waals surface area contributed by atoms with E-state index in [0.29, 0.717) is 30.6 Å². The molecular weight excluding hydrogens is 365 g/mol. The molecule has 0 bridgehead atoms. The molecule has 0 aliphatic carbocycles. The second-order valence-corrected chi connectivity index (χ2v) is 6.26. The molecule has 1 aromatic rings. The molecule has 1 aliphatic heterocycles. The van der Waals surface area contributed by atoms with Crippen LogP contribution in [0.2, 0.25) is 0 Å². The number of hydrogen-bond donors (Lipinski definition) is 1. The minimum atomic E-state index is -4.61. The number of carboxylic acid groups (broad SMARTS) is 1. The number of benzene rings is 1. The highest BCUT2D eigenvalue weighted by Gasteiger charge is 2.48. The molecular formula is C19H23F3O5. The van der Waals surface area contributed by atoms with Gasteiger partial charge in [0.2, 0.25) is 0 Å². The van der Waals surface area contributed by atoms with Gasteiger partial charge in [0.1, 0.15) is 5.75 Å². The summed E-state index contributed by atoms with van der Waals surface area (Å²) >= 11 is 0. The Morgan fingerprint density at radius 3 is 2.74 bits per heavy atom. The summed E-state index contributed by atoms with van der Waals surface area (Å²) in [7, 11) is 1.46. The van der Waals surface area contributed by atoms with Gasteiger partial charge in [-0.3, -0.25) is 4.79 Å². The highest BCUT2D eigenvalue weighted by molar-refractivity contribution is 5.66. The zero-order chi connectivity index (χ0) is 19.9. The third-order valence-corrected chi connectivity index (χ3v) is 4.24. The molecule has 0 aromatic heterocycles. The van der Waals surface area contributed by atoms with Gasteiger partial charge >= 0.3 is 12.1 Å². The van der Waals surface area contributed by atoms with Crippen molar-refractivity contribution in [3.05, 3.63) is 42.0 Å². The largest absolute Gasteiger partial charge is 0.496 e. The lowest BCUT2D eigenvalue weighted by Gasteiger charge is -2.37. The van der Waals surface area contributed by atoms with E-state index in [1.54, 1.807) is 24.3 Å². The zero-order valence-electron chi connectivity index (χ0n) is 14.9. The fourth-order valence-corrected chi connectivity index (χ4v) is 2.93. The van der Waals surface area contributed by atoms with Crippen LogP contribution in [0.1, 0.15) is 37.4 Å². The topological polar surface area (TPSA) is 65.0 Å². The molecule has 3 atom stereocenters. The number of rotatable bonds is 8. The van der Waals surface area contributed by atoms with Crippen molar-refractivity contribution in [2.75, 3.05) is 13.7 Å². The lowest BCUT2D eigenvalue weighted by molar-refractivity contribution is -0.353. The Balaban J connectivity index is 2.09. The monoisotopic (exact) mass is 388 g/mol.